The number of aromatic nitrogens is 2. The number of likely N-dealkylation sites (N-methyl/N-ethyl adjacent to an activating group) is 1. The first-order chi connectivity index (χ1) is 9.54. The summed E-state index contributed by atoms with van der Waals surface area (Å²) in [5.41, 5.74) is 2.18. The number of hydrogen-bond donors (Lipinski definition) is 1. The average molecular weight is 273 g/mol. The fourth-order valence-corrected chi connectivity index (χ4v) is 2.56. The summed E-state index contributed by atoms with van der Waals surface area (Å²) >= 11 is 0. The van der Waals surface area contributed by atoms with Crippen LogP contribution in [-0.2, 0) is 0 Å². The van der Waals surface area contributed by atoms with Crippen LogP contribution in [0.4, 0.5) is 0 Å². The molecule has 2 unspecified atom stereocenters. The van der Waals surface area contributed by atoms with E-state index in [9.17, 15) is 0 Å². The molecule has 4 nitrogen and oxygen atoms in total. The van der Waals surface area contributed by atoms with Gasteiger partial charge < -0.3 is 9.84 Å². The van der Waals surface area contributed by atoms with Gasteiger partial charge in [-0.1, -0.05) is 43.3 Å². The third-order valence-corrected chi connectivity index (χ3v) is 3.83. The topological polar surface area (TPSA) is 51.0 Å². The molecule has 1 heterocycles. The molecule has 0 radical (unpaired) electrons. The van der Waals surface area contributed by atoms with Gasteiger partial charge in [0.1, 0.15) is 0 Å². The molecule has 0 saturated carbocycles. The number of rotatable bonds is 5. The van der Waals surface area contributed by atoms with Crippen LogP contribution in [0.5, 0.6) is 0 Å². The molecular formula is C16H23N3O. The summed E-state index contributed by atoms with van der Waals surface area (Å²) in [5, 5.41) is 7.43. The minimum atomic E-state index is 0.213. The Labute approximate surface area is 120 Å². The SMILES string of the molecule is CNC(C)C(c1nc(-c2ccccc2C)no1)C(C)C. The molecule has 0 saturated heterocycles. The van der Waals surface area contributed by atoms with Crippen molar-refractivity contribution in [1.82, 2.24) is 15.5 Å². The first-order valence-corrected chi connectivity index (χ1v) is 7.11. The molecule has 0 amide bonds. The zero-order valence-electron chi connectivity index (χ0n) is 12.8. The summed E-state index contributed by atoms with van der Waals surface area (Å²) in [4.78, 5) is 4.61. The monoisotopic (exact) mass is 273 g/mol. The molecule has 0 aliphatic carbocycles. The molecule has 1 aromatic heterocycles. The molecule has 2 aromatic rings. The molecule has 1 N–H and O–H groups in total. The highest BCUT2D eigenvalue weighted by molar-refractivity contribution is 5.59. The Bertz CT molecular complexity index is 562. The molecule has 20 heavy (non-hydrogen) atoms. The van der Waals surface area contributed by atoms with Crippen molar-refractivity contribution in [3.63, 3.8) is 0 Å². The van der Waals surface area contributed by atoms with E-state index in [0.29, 0.717) is 23.7 Å². The fraction of sp³-hybridized carbons (Fsp3) is 0.500. The summed E-state index contributed by atoms with van der Waals surface area (Å²) in [6, 6.07) is 8.38. The second kappa shape index (κ2) is 6.18. The standard InChI is InChI=1S/C16H23N3O/c1-10(2)14(12(4)17-5)16-18-15(19-20-16)13-9-7-6-8-11(13)3/h6-10,12,14,17H,1-5H3. The van der Waals surface area contributed by atoms with Gasteiger partial charge in [-0.25, -0.2) is 0 Å². The Morgan fingerprint density at radius 3 is 2.45 bits per heavy atom. The van der Waals surface area contributed by atoms with Crippen molar-refractivity contribution in [1.29, 1.82) is 0 Å². The summed E-state index contributed by atoms with van der Waals surface area (Å²) < 4.78 is 5.52. The fourth-order valence-electron chi connectivity index (χ4n) is 2.56. The van der Waals surface area contributed by atoms with Crippen molar-refractivity contribution >= 4 is 0 Å². The van der Waals surface area contributed by atoms with Gasteiger partial charge in [0.25, 0.3) is 0 Å². The van der Waals surface area contributed by atoms with Gasteiger partial charge in [0.2, 0.25) is 11.7 Å². The van der Waals surface area contributed by atoms with E-state index in [-0.39, 0.29) is 5.92 Å². The number of nitrogens with zero attached hydrogens (tertiary/aromatic N) is 2. The lowest BCUT2D eigenvalue weighted by atomic mass is 9.89. The third-order valence-electron chi connectivity index (χ3n) is 3.83. The molecule has 4 heteroatoms. The zero-order valence-corrected chi connectivity index (χ0v) is 12.8. The van der Waals surface area contributed by atoms with Crippen LogP contribution in [0.25, 0.3) is 11.4 Å². The molecule has 0 aliphatic rings. The van der Waals surface area contributed by atoms with E-state index in [2.05, 4.69) is 49.2 Å². The van der Waals surface area contributed by atoms with Crippen molar-refractivity contribution in [2.24, 2.45) is 5.92 Å². The summed E-state index contributed by atoms with van der Waals surface area (Å²) in [6.07, 6.45) is 0. The lowest BCUT2D eigenvalue weighted by molar-refractivity contribution is 0.286. The van der Waals surface area contributed by atoms with Gasteiger partial charge in [-0.05, 0) is 32.4 Å². The largest absolute Gasteiger partial charge is 0.339 e. The van der Waals surface area contributed by atoms with Crippen LogP contribution in [0.1, 0.15) is 38.1 Å². The summed E-state index contributed by atoms with van der Waals surface area (Å²) in [6.45, 7) is 8.55. The predicted octanol–water partition coefficient (Wildman–Crippen LogP) is 3.39. The lowest BCUT2D eigenvalue weighted by Gasteiger charge is -2.23. The Balaban J connectivity index is 2.35. The van der Waals surface area contributed by atoms with Gasteiger partial charge in [0, 0.05) is 11.6 Å². The Morgan fingerprint density at radius 1 is 1.15 bits per heavy atom. The van der Waals surface area contributed by atoms with E-state index < -0.39 is 0 Å². The van der Waals surface area contributed by atoms with Gasteiger partial charge in [-0.2, -0.15) is 4.98 Å². The number of benzene rings is 1. The molecule has 108 valence electrons. The molecule has 0 aliphatic heterocycles. The van der Waals surface area contributed by atoms with Crippen LogP contribution < -0.4 is 5.32 Å². The van der Waals surface area contributed by atoms with Gasteiger partial charge >= 0.3 is 0 Å². The maximum Gasteiger partial charge on any atom is 0.231 e. The Hall–Kier alpha value is -1.68. The van der Waals surface area contributed by atoms with E-state index in [1.165, 1.54) is 0 Å². The van der Waals surface area contributed by atoms with E-state index in [1.54, 1.807) is 0 Å². The van der Waals surface area contributed by atoms with Crippen LogP contribution in [-0.4, -0.2) is 23.2 Å². The Kier molecular flexibility index (Phi) is 4.55. The second-order valence-electron chi connectivity index (χ2n) is 5.62. The third kappa shape index (κ3) is 2.90. The number of hydrogen-bond acceptors (Lipinski definition) is 4. The smallest absolute Gasteiger partial charge is 0.231 e. The lowest BCUT2D eigenvalue weighted by Crippen LogP contribution is -2.32. The van der Waals surface area contributed by atoms with Crippen molar-refractivity contribution in [2.75, 3.05) is 7.05 Å². The Morgan fingerprint density at radius 2 is 1.85 bits per heavy atom. The highest BCUT2D eigenvalue weighted by Gasteiger charge is 2.27. The van der Waals surface area contributed by atoms with Crippen LogP contribution >= 0.6 is 0 Å². The van der Waals surface area contributed by atoms with E-state index in [0.717, 1.165) is 11.1 Å². The van der Waals surface area contributed by atoms with E-state index in [1.807, 2.05) is 25.2 Å². The summed E-state index contributed by atoms with van der Waals surface area (Å²) in [7, 11) is 1.96. The number of aryl methyl sites for hydroxylation is 1. The van der Waals surface area contributed by atoms with Gasteiger partial charge in [0.15, 0.2) is 0 Å². The van der Waals surface area contributed by atoms with Crippen molar-refractivity contribution in [2.45, 2.75) is 39.7 Å². The van der Waals surface area contributed by atoms with Crippen LogP contribution in [0.2, 0.25) is 0 Å². The molecule has 2 rings (SSSR count). The van der Waals surface area contributed by atoms with Gasteiger partial charge in [-0.3, -0.25) is 0 Å². The van der Waals surface area contributed by atoms with Crippen LogP contribution in [0, 0.1) is 12.8 Å². The van der Waals surface area contributed by atoms with Gasteiger partial charge in [-0.15, -0.1) is 0 Å². The second-order valence-corrected chi connectivity index (χ2v) is 5.62. The average Bonchev–Trinajstić information content (AvgIpc) is 2.88. The first-order valence-electron chi connectivity index (χ1n) is 7.11. The van der Waals surface area contributed by atoms with Crippen molar-refractivity contribution in [3.05, 3.63) is 35.7 Å². The molecule has 0 spiro atoms. The van der Waals surface area contributed by atoms with Crippen LogP contribution in [0.15, 0.2) is 28.8 Å². The quantitative estimate of drug-likeness (QED) is 0.907. The first kappa shape index (κ1) is 14.7. The van der Waals surface area contributed by atoms with Crippen LogP contribution in [0.3, 0.4) is 0 Å². The minimum absolute atomic E-state index is 0.213. The van der Waals surface area contributed by atoms with Crippen molar-refractivity contribution < 1.29 is 4.52 Å². The molecule has 0 bridgehead atoms. The highest BCUT2D eigenvalue weighted by Crippen LogP contribution is 2.29. The minimum Gasteiger partial charge on any atom is -0.339 e. The summed E-state index contributed by atoms with van der Waals surface area (Å²) in [5.74, 6) is 2.03. The number of nitrogens with one attached hydrogen (secondary N) is 1. The maximum absolute atomic E-state index is 5.52. The maximum atomic E-state index is 5.52. The van der Waals surface area contributed by atoms with Gasteiger partial charge in [0.05, 0.1) is 5.92 Å². The highest BCUT2D eigenvalue weighted by atomic mass is 16.5. The van der Waals surface area contributed by atoms with E-state index >= 15 is 0 Å². The normalized spacial score (nSPS) is 14.5. The molecule has 1 aromatic carbocycles. The molecule has 0 fully saturated rings. The molecule has 2 atom stereocenters. The van der Waals surface area contributed by atoms with E-state index in [4.69, 9.17) is 4.52 Å². The van der Waals surface area contributed by atoms with Crippen molar-refractivity contribution in [3.8, 4) is 11.4 Å². The molecular weight excluding hydrogens is 250 g/mol. The zero-order chi connectivity index (χ0) is 14.7. The predicted molar refractivity (Wildman–Crippen MR) is 80.6 cm³/mol.